The number of benzene rings is 2. The summed E-state index contributed by atoms with van der Waals surface area (Å²) in [6, 6.07) is 4.84. The first kappa shape index (κ1) is 21.5. The van der Waals surface area contributed by atoms with E-state index in [-0.39, 0.29) is 5.69 Å². The number of alkyl halides is 6. The van der Waals surface area contributed by atoms with Crippen molar-refractivity contribution in [2.45, 2.75) is 24.2 Å². The number of sulfonamides is 1. The summed E-state index contributed by atoms with van der Waals surface area (Å²) in [6.45, 7) is 1.07. The SMILES string of the molecule is CC(=O)Nc1ccc(NS(=O)(=O)c2cccc(C(F)(F)F)c2)c(C(F)(F)F)c1. The summed E-state index contributed by atoms with van der Waals surface area (Å²) in [5, 5.41) is 2.12. The molecule has 0 saturated heterocycles. The molecule has 0 radical (unpaired) electrons. The lowest BCUT2D eigenvalue weighted by molar-refractivity contribution is -0.138. The molecule has 28 heavy (non-hydrogen) atoms. The molecule has 0 aromatic heterocycles. The number of hydrogen-bond acceptors (Lipinski definition) is 3. The van der Waals surface area contributed by atoms with Gasteiger partial charge in [0.1, 0.15) is 0 Å². The van der Waals surface area contributed by atoms with Crippen LogP contribution in [0.4, 0.5) is 37.7 Å². The third-order valence-electron chi connectivity index (χ3n) is 3.36. The van der Waals surface area contributed by atoms with Crippen molar-refractivity contribution in [1.29, 1.82) is 0 Å². The van der Waals surface area contributed by atoms with Gasteiger partial charge >= 0.3 is 12.4 Å². The van der Waals surface area contributed by atoms with Crippen molar-refractivity contribution in [3.05, 3.63) is 53.6 Å². The smallest absolute Gasteiger partial charge is 0.326 e. The Hall–Kier alpha value is -2.76. The van der Waals surface area contributed by atoms with Crippen LogP contribution in [0.5, 0.6) is 0 Å². The van der Waals surface area contributed by atoms with Crippen LogP contribution in [0, 0.1) is 0 Å². The van der Waals surface area contributed by atoms with Crippen molar-refractivity contribution < 1.29 is 39.6 Å². The third kappa shape index (κ3) is 5.15. The Kier molecular flexibility index (Phi) is 5.64. The van der Waals surface area contributed by atoms with E-state index in [0.717, 1.165) is 31.2 Å². The van der Waals surface area contributed by atoms with E-state index in [9.17, 15) is 39.6 Å². The molecular formula is C16H12F6N2O3S. The highest BCUT2D eigenvalue weighted by Gasteiger charge is 2.36. The van der Waals surface area contributed by atoms with Crippen molar-refractivity contribution in [2.24, 2.45) is 0 Å². The quantitative estimate of drug-likeness (QED) is 0.708. The molecule has 0 atom stereocenters. The predicted molar refractivity (Wildman–Crippen MR) is 88.0 cm³/mol. The van der Waals surface area contributed by atoms with Gasteiger partial charge in [-0.1, -0.05) is 6.07 Å². The Morgan fingerprint density at radius 2 is 1.57 bits per heavy atom. The highest BCUT2D eigenvalue weighted by Crippen LogP contribution is 2.38. The van der Waals surface area contributed by atoms with E-state index in [1.54, 1.807) is 4.72 Å². The zero-order valence-electron chi connectivity index (χ0n) is 13.9. The summed E-state index contributed by atoms with van der Waals surface area (Å²) in [5.74, 6) is -0.648. The Labute approximate surface area is 155 Å². The first-order valence-electron chi connectivity index (χ1n) is 7.39. The van der Waals surface area contributed by atoms with Crippen LogP contribution in [0.25, 0.3) is 0 Å². The maximum absolute atomic E-state index is 13.3. The van der Waals surface area contributed by atoms with Crippen LogP contribution in [0.1, 0.15) is 18.1 Å². The van der Waals surface area contributed by atoms with Gasteiger partial charge < -0.3 is 5.32 Å². The zero-order valence-corrected chi connectivity index (χ0v) is 14.8. The molecule has 0 bridgehead atoms. The highest BCUT2D eigenvalue weighted by molar-refractivity contribution is 7.92. The fourth-order valence-corrected chi connectivity index (χ4v) is 3.32. The van der Waals surface area contributed by atoms with Gasteiger partial charge in [0.25, 0.3) is 10.0 Å². The molecule has 0 unspecified atom stereocenters. The van der Waals surface area contributed by atoms with Gasteiger partial charge in [0.05, 0.1) is 21.7 Å². The lowest BCUT2D eigenvalue weighted by atomic mass is 10.1. The largest absolute Gasteiger partial charge is 0.418 e. The molecule has 5 nitrogen and oxygen atoms in total. The normalized spacial score (nSPS) is 12.5. The topological polar surface area (TPSA) is 75.3 Å². The Bertz CT molecular complexity index is 1000. The number of rotatable bonds is 4. The maximum atomic E-state index is 13.3. The molecule has 2 N–H and O–H groups in total. The van der Waals surface area contributed by atoms with Crippen LogP contribution in [0.3, 0.4) is 0 Å². The average molecular weight is 426 g/mol. The summed E-state index contributed by atoms with van der Waals surface area (Å²) in [4.78, 5) is 10.1. The van der Waals surface area contributed by atoms with E-state index >= 15 is 0 Å². The fraction of sp³-hybridized carbons (Fsp3) is 0.188. The lowest BCUT2D eigenvalue weighted by Gasteiger charge is -2.17. The summed E-state index contributed by atoms with van der Waals surface area (Å²) in [7, 11) is -4.75. The second-order valence-corrected chi connectivity index (χ2v) is 7.25. The highest BCUT2D eigenvalue weighted by atomic mass is 32.2. The van der Waals surface area contributed by atoms with Crippen molar-refractivity contribution in [3.63, 3.8) is 0 Å². The molecular weight excluding hydrogens is 414 g/mol. The maximum Gasteiger partial charge on any atom is 0.418 e. The van der Waals surface area contributed by atoms with E-state index in [4.69, 9.17) is 0 Å². The molecule has 1 amide bonds. The van der Waals surface area contributed by atoms with Gasteiger partial charge in [0, 0.05) is 12.6 Å². The van der Waals surface area contributed by atoms with Crippen LogP contribution in [-0.4, -0.2) is 14.3 Å². The molecule has 0 aliphatic heterocycles. The van der Waals surface area contributed by atoms with E-state index < -0.39 is 50.0 Å². The minimum absolute atomic E-state index is 0.234. The lowest BCUT2D eigenvalue weighted by Crippen LogP contribution is -2.18. The average Bonchev–Trinajstić information content (AvgIpc) is 2.54. The van der Waals surface area contributed by atoms with E-state index in [2.05, 4.69) is 5.32 Å². The summed E-state index contributed by atoms with van der Waals surface area (Å²) < 4.78 is 104. The van der Waals surface area contributed by atoms with Gasteiger partial charge in [-0.2, -0.15) is 26.3 Å². The Morgan fingerprint density at radius 1 is 0.929 bits per heavy atom. The van der Waals surface area contributed by atoms with Crippen LogP contribution < -0.4 is 10.0 Å². The van der Waals surface area contributed by atoms with Gasteiger partial charge in [-0.25, -0.2) is 8.42 Å². The molecule has 0 fully saturated rings. The van der Waals surface area contributed by atoms with Crippen molar-refractivity contribution >= 4 is 27.3 Å². The summed E-state index contributed by atoms with van der Waals surface area (Å²) >= 11 is 0. The number of amides is 1. The second-order valence-electron chi connectivity index (χ2n) is 5.57. The molecule has 0 heterocycles. The van der Waals surface area contributed by atoms with Gasteiger partial charge in [-0.15, -0.1) is 0 Å². The van der Waals surface area contributed by atoms with Crippen molar-refractivity contribution in [1.82, 2.24) is 0 Å². The molecule has 152 valence electrons. The predicted octanol–water partition coefficient (Wildman–Crippen LogP) is 4.48. The number of halogens is 6. The van der Waals surface area contributed by atoms with Gasteiger partial charge in [0.2, 0.25) is 5.91 Å². The fourth-order valence-electron chi connectivity index (χ4n) is 2.19. The van der Waals surface area contributed by atoms with E-state index in [1.807, 2.05) is 0 Å². The number of anilines is 2. The first-order chi connectivity index (χ1) is 12.7. The Balaban J connectivity index is 2.48. The molecule has 0 spiro atoms. The number of nitrogens with one attached hydrogen (secondary N) is 2. The minimum atomic E-state index is -5.00. The van der Waals surface area contributed by atoms with Gasteiger partial charge in [0.15, 0.2) is 0 Å². The Morgan fingerprint density at radius 3 is 2.11 bits per heavy atom. The van der Waals surface area contributed by atoms with Crippen LogP contribution in [0.2, 0.25) is 0 Å². The number of hydrogen-bond donors (Lipinski definition) is 2. The van der Waals surface area contributed by atoms with Crippen molar-refractivity contribution in [2.75, 3.05) is 10.0 Å². The van der Waals surface area contributed by atoms with Gasteiger partial charge in [-0.05, 0) is 36.4 Å². The molecule has 12 heteroatoms. The monoisotopic (exact) mass is 426 g/mol. The molecule has 0 aliphatic carbocycles. The van der Waals surface area contributed by atoms with Crippen LogP contribution in [-0.2, 0) is 27.2 Å². The van der Waals surface area contributed by atoms with Crippen LogP contribution >= 0.6 is 0 Å². The first-order valence-corrected chi connectivity index (χ1v) is 8.87. The number of carbonyl (C=O) groups is 1. The second kappa shape index (κ2) is 7.34. The summed E-state index contributed by atoms with van der Waals surface area (Å²) in [6.07, 6.45) is -9.83. The third-order valence-corrected chi connectivity index (χ3v) is 4.72. The van der Waals surface area contributed by atoms with Crippen molar-refractivity contribution in [3.8, 4) is 0 Å². The molecule has 0 aliphatic rings. The molecule has 2 rings (SSSR count). The standard InChI is InChI=1S/C16H12F6N2O3S/c1-9(25)23-11-5-6-14(13(8-11)16(20,21)22)24-28(26,27)12-4-2-3-10(7-12)15(17,18)19/h2-8,24H,1H3,(H,23,25). The minimum Gasteiger partial charge on any atom is -0.326 e. The van der Waals surface area contributed by atoms with Gasteiger partial charge in [-0.3, -0.25) is 9.52 Å². The molecule has 2 aromatic carbocycles. The number of carbonyl (C=O) groups excluding carboxylic acids is 1. The molecule has 0 saturated carbocycles. The summed E-state index contributed by atoms with van der Waals surface area (Å²) in [5.41, 5.74) is -3.83. The molecule has 2 aromatic rings. The van der Waals surface area contributed by atoms with Crippen LogP contribution in [0.15, 0.2) is 47.4 Å². The van der Waals surface area contributed by atoms with E-state index in [0.29, 0.717) is 18.2 Å². The zero-order chi connectivity index (χ0) is 21.3. The van der Waals surface area contributed by atoms with E-state index in [1.165, 1.54) is 0 Å².